The molecule has 0 bridgehead atoms. The third-order valence-corrected chi connectivity index (χ3v) is 5.78. The predicted octanol–water partition coefficient (Wildman–Crippen LogP) is 1.91. The molecule has 3 atom stereocenters. The third kappa shape index (κ3) is 3.83. The molecular weight excluding hydrogens is 428 g/mol. The minimum atomic E-state index is -2.34. The van der Waals surface area contributed by atoms with Gasteiger partial charge in [-0.25, -0.2) is 5.21 Å². The van der Waals surface area contributed by atoms with Crippen LogP contribution in [0, 0.1) is 5.21 Å². The average molecular weight is 450 g/mol. The number of fused-ring (bicyclic) bond motifs is 1. The standard InChI is InChI=1S/C24H22N2O7/c1-32-17-8-3-14(4-9-17)21(22(27)15-5-10-18(33-2)11-6-15)24(29)19-13-16(26(30)31)7-12-20(19)25-23(24)28/h3-13,21,26,29-30H,1-2H3,(H,25,28). The second-order valence-corrected chi connectivity index (χ2v) is 7.58. The van der Waals surface area contributed by atoms with Crippen molar-refractivity contribution < 1.29 is 34.6 Å². The Morgan fingerprint density at radius 3 is 2.12 bits per heavy atom. The summed E-state index contributed by atoms with van der Waals surface area (Å²) in [6.45, 7) is 0. The van der Waals surface area contributed by atoms with Crippen LogP contribution in [0.3, 0.4) is 0 Å². The number of amides is 1. The van der Waals surface area contributed by atoms with E-state index in [1.807, 2.05) is 0 Å². The number of ketones is 1. The van der Waals surface area contributed by atoms with Gasteiger partial charge >= 0.3 is 0 Å². The molecule has 0 saturated carbocycles. The summed E-state index contributed by atoms with van der Waals surface area (Å²) in [6, 6.07) is 16.7. The Balaban J connectivity index is 1.90. The first kappa shape index (κ1) is 22.4. The van der Waals surface area contributed by atoms with E-state index < -0.39 is 28.4 Å². The van der Waals surface area contributed by atoms with Gasteiger partial charge in [-0.2, -0.15) is 5.23 Å². The van der Waals surface area contributed by atoms with E-state index in [1.165, 1.54) is 32.4 Å². The smallest absolute Gasteiger partial charge is 0.262 e. The van der Waals surface area contributed by atoms with Crippen LogP contribution in [0.25, 0.3) is 0 Å². The van der Waals surface area contributed by atoms with Crippen molar-refractivity contribution in [2.24, 2.45) is 0 Å². The van der Waals surface area contributed by atoms with Crippen LogP contribution in [0.1, 0.15) is 27.4 Å². The largest absolute Gasteiger partial charge is 0.595 e. The van der Waals surface area contributed by atoms with Gasteiger partial charge in [0.05, 0.1) is 20.1 Å². The van der Waals surface area contributed by atoms with Gasteiger partial charge in [0.25, 0.3) is 5.91 Å². The molecule has 1 aliphatic rings. The molecule has 0 aliphatic carbocycles. The van der Waals surface area contributed by atoms with Crippen molar-refractivity contribution in [1.82, 2.24) is 0 Å². The summed E-state index contributed by atoms with van der Waals surface area (Å²) in [5, 5.41) is 34.1. The lowest BCUT2D eigenvalue weighted by Gasteiger charge is -2.31. The molecule has 1 heterocycles. The van der Waals surface area contributed by atoms with Crippen molar-refractivity contribution >= 4 is 23.1 Å². The Morgan fingerprint density at radius 1 is 1.00 bits per heavy atom. The molecule has 170 valence electrons. The molecule has 0 spiro atoms. The maximum Gasteiger partial charge on any atom is 0.262 e. The fraction of sp³-hybridized carbons (Fsp3) is 0.167. The van der Waals surface area contributed by atoms with Crippen LogP contribution >= 0.6 is 0 Å². The van der Waals surface area contributed by atoms with Gasteiger partial charge in [0.2, 0.25) is 0 Å². The van der Waals surface area contributed by atoms with Gasteiger partial charge in [0.15, 0.2) is 17.1 Å². The number of quaternary nitrogens is 1. The molecule has 3 aromatic carbocycles. The molecule has 0 radical (unpaired) electrons. The molecule has 0 fully saturated rings. The number of ether oxygens (including phenoxy) is 2. The number of aliphatic hydroxyl groups is 1. The number of hydrogen-bond acceptors (Lipinski definition) is 7. The van der Waals surface area contributed by atoms with E-state index in [4.69, 9.17) is 9.47 Å². The fourth-order valence-corrected chi connectivity index (χ4v) is 4.03. The first-order chi connectivity index (χ1) is 15.8. The average Bonchev–Trinajstić information content (AvgIpc) is 3.09. The number of nitrogens with one attached hydrogen (secondary N) is 2. The number of benzene rings is 3. The lowest BCUT2D eigenvalue weighted by Crippen LogP contribution is -2.99. The Labute approximate surface area is 189 Å². The Morgan fingerprint density at radius 2 is 1.58 bits per heavy atom. The lowest BCUT2D eigenvalue weighted by atomic mass is 9.74. The van der Waals surface area contributed by atoms with Crippen LogP contribution in [0.5, 0.6) is 11.5 Å². The topological polar surface area (TPSA) is 133 Å². The van der Waals surface area contributed by atoms with E-state index in [-0.39, 0.29) is 22.5 Å². The second-order valence-electron chi connectivity index (χ2n) is 7.58. The highest BCUT2D eigenvalue weighted by Crippen LogP contribution is 2.47. The summed E-state index contributed by atoms with van der Waals surface area (Å²) in [7, 11) is 3.00. The number of anilines is 1. The zero-order valence-electron chi connectivity index (χ0n) is 17.9. The van der Waals surface area contributed by atoms with Crippen LogP contribution < -0.4 is 20.0 Å². The summed E-state index contributed by atoms with van der Waals surface area (Å²) in [6.07, 6.45) is 0. The first-order valence-corrected chi connectivity index (χ1v) is 10.0. The van der Waals surface area contributed by atoms with E-state index in [2.05, 4.69) is 5.32 Å². The van der Waals surface area contributed by atoms with E-state index in [1.54, 1.807) is 48.5 Å². The molecule has 4 rings (SSSR count). The highest BCUT2D eigenvalue weighted by Gasteiger charge is 2.55. The van der Waals surface area contributed by atoms with Gasteiger partial charge in [-0.15, -0.1) is 0 Å². The number of Topliss-reactive ketones (excluding diaryl/α,β-unsaturated/α-hetero) is 1. The Hall–Kier alpha value is -3.76. The minimum absolute atomic E-state index is 0.0232. The summed E-state index contributed by atoms with van der Waals surface area (Å²) >= 11 is 0. The van der Waals surface area contributed by atoms with E-state index in [0.29, 0.717) is 17.1 Å². The predicted molar refractivity (Wildman–Crippen MR) is 118 cm³/mol. The van der Waals surface area contributed by atoms with Gasteiger partial charge in [-0.05, 0) is 48.0 Å². The molecule has 3 aromatic rings. The normalized spacial score (nSPS) is 18.8. The SMILES string of the molecule is COc1ccc(C(=O)C(c2ccc(OC)cc2)C2(O)C(=O)Nc3ccc([NH+]([O-])O)cc32)cc1. The van der Waals surface area contributed by atoms with Crippen LogP contribution in [0.2, 0.25) is 0 Å². The van der Waals surface area contributed by atoms with Gasteiger partial charge in [0.1, 0.15) is 11.5 Å². The van der Waals surface area contributed by atoms with E-state index in [0.717, 1.165) is 0 Å². The summed E-state index contributed by atoms with van der Waals surface area (Å²) < 4.78 is 10.3. The first-order valence-electron chi connectivity index (χ1n) is 10.0. The van der Waals surface area contributed by atoms with Crippen molar-refractivity contribution in [3.05, 3.63) is 88.6 Å². The van der Waals surface area contributed by atoms with E-state index >= 15 is 0 Å². The van der Waals surface area contributed by atoms with Gasteiger partial charge in [0, 0.05) is 28.9 Å². The maximum absolute atomic E-state index is 13.7. The Bertz CT molecular complexity index is 1190. The summed E-state index contributed by atoms with van der Waals surface area (Å²) in [5.74, 6) is -1.62. The molecule has 3 unspecified atom stereocenters. The summed E-state index contributed by atoms with van der Waals surface area (Å²) in [4.78, 5) is 26.8. The van der Waals surface area contributed by atoms with E-state index in [9.17, 15) is 25.1 Å². The van der Waals surface area contributed by atoms with Crippen LogP contribution in [0.4, 0.5) is 11.4 Å². The number of methoxy groups -OCH3 is 2. The third-order valence-electron chi connectivity index (χ3n) is 5.78. The molecule has 9 nitrogen and oxygen atoms in total. The number of carbonyl (C=O) groups is 2. The zero-order chi connectivity index (χ0) is 23.8. The van der Waals surface area contributed by atoms with Gasteiger partial charge in [-0.1, -0.05) is 12.1 Å². The maximum atomic E-state index is 13.7. The zero-order valence-corrected chi connectivity index (χ0v) is 17.9. The highest BCUT2D eigenvalue weighted by molar-refractivity contribution is 6.12. The number of rotatable bonds is 7. The van der Waals surface area contributed by atoms with Crippen LogP contribution in [0.15, 0.2) is 66.7 Å². The molecule has 0 aromatic heterocycles. The molecule has 9 heteroatoms. The molecule has 1 amide bonds. The molecular formula is C24H22N2O7. The quantitative estimate of drug-likeness (QED) is 0.319. The van der Waals surface area contributed by atoms with Crippen LogP contribution in [-0.2, 0) is 10.4 Å². The van der Waals surface area contributed by atoms with Crippen molar-refractivity contribution in [2.45, 2.75) is 11.5 Å². The second kappa shape index (κ2) is 8.64. The van der Waals surface area contributed by atoms with Crippen molar-refractivity contribution in [1.29, 1.82) is 0 Å². The van der Waals surface area contributed by atoms with Crippen molar-refractivity contribution in [2.75, 3.05) is 19.5 Å². The molecule has 1 aliphatic heterocycles. The number of hydrogen-bond donors (Lipinski definition) is 4. The number of carbonyl (C=O) groups excluding carboxylic acids is 2. The monoisotopic (exact) mass is 450 g/mol. The van der Waals surface area contributed by atoms with Gasteiger partial charge < -0.3 is 25.1 Å². The van der Waals surface area contributed by atoms with Gasteiger partial charge in [-0.3, -0.25) is 9.59 Å². The van der Waals surface area contributed by atoms with Crippen molar-refractivity contribution in [3.63, 3.8) is 0 Å². The fourth-order valence-electron chi connectivity index (χ4n) is 4.03. The Kier molecular flexibility index (Phi) is 5.88. The molecule has 33 heavy (non-hydrogen) atoms. The van der Waals surface area contributed by atoms with Crippen LogP contribution in [-0.4, -0.2) is 36.2 Å². The van der Waals surface area contributed by atoms with Crippen molar-refractivity contribution in [3.8, 4) is 11.5 Å². The lowest BCUT2D eigenvalue weighted by molar-refractivity contribution is -0.991. The molecule has 4 N–H and O–H groups in total. The molecule has 0 saturated heterocycles. The highest BCUT2D eigenvalue weighted by atomic mass is 16.8. The summed E-state index contributed by atoms with van der Waals surface area (Å²) in [5.41, 5.74) is -1.58. The minimum Gasteiger partial charge on any atom is -0.595 e.